The average Bonchev–Trinajstić information content (AvgIpc) is 3.29. The lowest BCUT2D eigenvalue weighted by Crippen LogP contribution is -2.37. The van der Waals surface area contributed by atoms with Crippen LogP contribution in [0.15, 0.2) is 63.9 Å². The lowest BCUT2D eigenvalue weighted by Gasteiger charge is -2.29. The molecule has 9 heteroatoms. The smallest absolute Gasteiger partial charge is 0.243 e. The largest absolute Gasteiger partial charge is 0.378 e. The first kappa shape index (κ1) is 23.4. The topological polar surface area (TPSA) is 77.9 Å². The molecule has 1 N–H and O–H groups in total. The molecule has 4 rings (SSSR count). The molecular formula is C24H29N5O2S2. The molecule has 1 aromatic heterocycles. The lowest BCUT2D eigenvalue weighted by molar-refractivity contribution is 0.288. The van der Waals surface area contributed by atoms with Gasteiger partial charge in [0.15, 0.2) is 0 Å². The van der Waals surface area contributed by atoms with Crippen molar-refractivity contribution in [1.82, 2.24) is 9.29 Å². The summed E-state index contributed by atoms with van der Waals surface area (Å²) >= 11 is 1.43. The summed E-state index contributed by atoms with van der Waals surface area (Å²) in [4.78, 5) is 6.93. The summed E-state index contributed by atoms with van der Waals surface area (Å²) in [7, 11) is 0.512. The Labute approximate surface area is 199 Å². The molecule has 2 heterocycles. The fourth-order valence-corrected chi connectivity index (χ4v) is 5.85. The predicted octanol–water partition coefficient (Wildman–Crippen LogP) is 4.74. The molecule has 0 bridgehead atoms. The number of piperidine rings is 1. The maximum absolute atomic E-state index is 13.1. The number of aromatic nitrogens is 1. The van der Waals surface area contributed by atoms with Gasteiger partial charge in [-0.2, -0.15) is 9.41 Å². The summed E-state index contributed by atoms with van der Waals surface area (Å²) in [6.07, 6.45) is 3.55. The molecule has 1 aliphatic rings. The molecule has 0 atom stereocenters. The van der Waals surface area contributed by atoms with Crippen molar-refractivity contribution < 1.29 is 8.42 Å². The number of sulfonamides is 1. The number of anilines is 2. The summed E-state index contributed by atoms with van der Waals surface area (Å²) < 4.78 is 27.8. The van der Waals surface area contributed by atoms with Gasteiger partial charge in [-0.1, -0.05) is 31.2 Å². The van der Waals surface area contributed by atoms with E-state index in [0.717, 1.165) is 35.3 Å². The normalized spacial score (nSPS) is 15.7. The zero-order valence-electron chi connectivity index (χ0n) is 19.1. The zero-order valence-corrected chi connectivity index (χ0v) is 20.7. The maximum Gasteiger partial charge on any atom is 0.243 e. The van der Waals surface area contributed by atoms with Crippen molar-refractivity contribution in [3.63, 3.8) is 0 Å². The third kappa shape index (κ3) is 5.61. The van der Waals surface area contributed by atoms with E-state index >= 15 is 0 Å². The second-order valence-corrected chi connectivity index (χ2v) is 11.3. The zero-order chi connectivity index (χ0) is 23.4. The molecule has 0 spiro atoms. The Morgan fingerprint density at radius 1 is 1.15 bits per heavy atom. The van der Waals surface area contributed by atoms with Gasteiger partial charge in [0.2, 0.25) is 15.2 Å². The monoisotopic (exact) mass is 483 g/mol. The first-order valence-electron chi connectivity index (χ1n) is 11.0. The minimum absolute atomic E-state index is 0.316. The van der Waals surface area contributed by atoms with Crippen molar-refractivity contribution in [2.24, 2.45) is 11.0 Å². The van der Waals surface area contributed by atoms with E-state index in [-0.39, 0.29) is 0 Å². The molecule has 7 nitrogen and oxygen atoms in total. The van der Waals surface area contributed by atoms with E-state index in [1.165, 1.54) is 11.3 Å². The molecule has 0 saturated carbocycles. The first-order valence-corrected chi connectivity index (χ1v) is 13.3. The molecule has 1 aliphatic heterocycles. The molecule has 0 amide bonds. The molecule has 33 heavy (non-hydrogen) atoms. The van der Waals surface area contributed by atoms with Gasteiger partial charge in [-0.25, -0.2) is 13.4 Å². The molecule has 0 radical (unpaired) electrons. The quantitative estimate of drug-likeness (QED) is 0.388. The van der Waals surface area contributed by atoms with Gasteiger partial charge in [-0.3, -0.25) is 5.43 Å². The van der Waals surface area contributed by atoms with E-state index in [1.54, 1.807) is 28.7 Å². The number of hydrogen-bond donors (Lipinski definition) is 1. The molecule has 3 aromatic rings. The van der Waals surface area contributed by atoms with Gasteiger partial charge < -0.3 is 4.90 Å². The van der Waals surface area contributed by atoms with E-state index in [9.17, 15) is 8.42 Å². The number of rotatable bonds is 7. The minimum atomic E-state index is -3.50. The molecule has 0 aliphatic carbocycles. The van der Waals surface area contributed by atoms with Crippen LogP contribution >= 0.6 is 11.3 Å². The van der Waals surface area contributed by atoms with Gasteiger partial charge in [0, 0.05) is 43.8 Å². The van der Waals surface area contributed by atoms with E-state index in [2.05, 4.69) is 22.4 Å². The second-order valence-electron chi connectivity index (χ2n) is 8.51. The van der Waals surface area contributed by atoms with Gasteiger partial charge in [-0.15, -0.1) is 11.3 Å². The molecule has 174 valence electrons. The molecule has 1 fully saturated rings. The number of hydrogen-bond acceptors (Lipinski definition) is 7. The van der Waals surface area contributed by atoms with Gasteiger partial charge >= 0.3 is 0 Å². The SMILES string of the molecule is CC1CCN(S(=O)(=O)c2cccc(-c3csc(N/N=C/c4ccc(N(C)C)cc4)n3)c2)CC1. The number of hydrazone groups is 1. The number of nitrogens with one attached hydrogen (secondary N) is 1. The van der Waals surface area contributed by atoms with Crippen LogP contribution in [0, 0.1) is 5.92 Å². The standard InChI is InChI=1S/C24H29N5O2S2/c1-18-11-13-29(14-12-18)33(30,31)22-6-4-5-20(15-22)23-17-32-24(26-23)27-25-16-19-7-9-21(10-8-19)28(2)3/h4-10,15-18H,11-14H2,1-3H3,(H,26,27)/b25-16+. The van der Waals surface area contributed by atoms with Gasteiger partial charge in [0.05, 0.1) is 16.8 Å². The van der Waals surface area contributed by atoms with E-state index in [4.69, 9.17) is 0 Å². The number of nitrogens with zero attached hydrogens (tertiary/aromatic N) is 4. The molecular weight excluding hydrogens is 454 g/mol. The third-order valence-electron chi connectivity index (χ3n) is 5.80. The summed E-state index contributed by atoms with van der Waals surface area (Å²) in [5.74, 6) is 0.573. The van der Waals surface area contributed by atoms with Crippen molar-refractivity contribution in [3.8, 4) is 11.3 Å². The lowest BCUT2D eigenvalue weighted by atomic mass is 10.0. The van der Waals surface area contributed by atoms with Crippen molar-refractivity contribution in [1.29, 1.82) is 0 Å². The van der Waals surface area contributed by atoms with Crippen LogP contribution in [0.4, 0.5) is 10.8 Å². The van der Waals surface area contributed by atoms with Crippen LogP contribution in [0.3, 0.4) is 0 Å². The fourth-order valence-electron chi connectivity index (χ4n) is 3.67. The average molecular weight is 484 g/mol. The van der Waals surface area contributed by atoms with Crippen LogP contribution in [0.25, 0.3) is 11.3 Å². The van der Waals surface area contributed by atoms with Gasteiger partial charge in [0.25, 0.3) is 0 Å². The van der Waals surface area contributed by atoms with Crippen LogP contribution in [0.2, 0.25) is 0 Å². The van der Waals surface area contributed by atoms with Gasteiger partial charge in [0.1, 0.15) is 0 Å². The van der Waals surface area contributed by atoms with Crippen LogP contribution in [-0.4, -0.2) is 51.1 Å². The Morgan fingerprint density at radius 3 is 2.58 bits per heavy atom. The second kappa shape index (κ2) is 10.0. The van der Waals surface area contributed by atoms with E-state index < -0.39 is 10.0 Å². The maximum atomic E-state index is 13.1. The van der Waals surface area contributed by atoms with Crippen LogP contribution in [-0.2, 0) is 10.0 Å². The fraction of sp³-hybridized carbons (Fsp3) is 0.333. The van der Waals surface area contributed by atoms with Crippen molar-refractivity contribution in [2.45, 2.75) is 24.7 Å². The molecule has 2 aromatic carbocycles. The Kier molecular flexibility index (Phi) is 7.11. The van der Waals surface area contributed by atoms with Crippen LogP contribution in [0.5, 0.6) is 0 Å². The Hall–Kier alpha value is -2.75. The highest BCUT2D eigenvalue weighted by atomic mass is 32.2. The first-order chi connectivity index (χ1) is 15.8. The van der Waals surface area contributed by atoms with E-state index in [1.807, 2.05) is 54.7 Å². The van der Waals surface area contributed by atoms with Crippen molar-refractivity contribution in [2.75, 3.05) is 37.5 Å². The van der Waals surface area contributed by atoms with Crippen LogP contribution in [0.1, 0.15) is 25.3 Å². The predicted molar refractivity (Wildman–Crippen MR) is 137 cm³/mol. The van der Waals surface area contributed by atoms with Crippen molar-refractivity contribution in [3.05, 3.63) is 59.5 Å². The highest BCUT2D eigenvalue weighted by Crippen LogP contribution is 2.29. The van der Waals surface area contributed by atoms with E-state index in [0.29, 0.717) is 29.0 Å². The Balaban J connectivity index is 1.44. The third-order valence-corrected chi connectivity index (χ3v) is 8.44. The Morgan fingerprint density at radius 2 is 1.88 bits per heavy atom. The highest BCUT2D eigenvalue weighted by Gasteiger charge is 2.28. The summed E-state index contributed by atoms with van der Waals surface area (Å²) in [5.41, 5.74) is 6.56. The highest BCUT2D eigenvalue weighted by molar-refractivity contribution is 7.89. The summed E-state index contributed by atoms with van der Waals surface area (Å²) in [6, 6.07) is 15.1. The minimum Gasteiger partial charge on any atom is -0.378 e. The number of benzene rings is 2. The molecule has 1 saturated heterocycles. The summed E-state index contributed by atoms with van der Waals surface area (Å²) in [5, 5.41) is 6.82. The van der Waals surface area contributed by atoms with Crippen molar-refractivity contribution >= 4 is 38.4 Å². The summed E-state index contributed by atoms with van der Waals surface area (Å²) in [6.45, 7) is 3.33. The molecule has 0 unspecified atom stereocenters. The van der Waals surface area contributed by atoms with Crippen LogP contribution < -0.4 is 10.3 Å². The number of thiazole rings is 1. The van der Waals surface area contributed by atoms with Gasteiger partial charge in [-0.05, 0) is 48.6 Å². The Bertz CT molecular complexity index is 1210.